The zero-order chi connectivity index (χ0) is 18.3. The molecule has 0 aromatic heterocycles. The fourth-order valence-electron chi connectivity index (χ4n) is 2.21. The van der Waals surface area contributed by atoms with Crippen molar-refractivity contribution in [2.75, 3.05) is 16.8 Å². The number of ether oxygens (including phenoxy) is 1. The third-order valence-corrected chi connectivity index (χ3v) is 3.08. The van der Waals surface area contributed by atoms with Crippen molar-refractivity contribution in [3.05, 3.63) is 23.8 Å². The maximum absolute atomic E-state index is 14.1. The molecule has 9 heteroatoms. The van der Waals surface area contributed by atoms with E-state index in [2.05, 4.69) is 5.32 Å². The van der Waals surface area contributed by atoms with E-state index >= 15 is 0 Å². The Balaban J connectivity index is 2.30. The summed E-state index contributed by atoms with van der Waals surface area (Å²) in [6.45, 7) is 4.06. The van der Waals surface area contributed by atoms with Gasteiger partial charge in [0.05, 0.1) is 11.3 Å². The first-order valence-corrected chi connectivity index (χ1v) is 6.98. The van der Waals surface area contributed by atoms with E-state index in [0.717, 1.165) is 12.1 Å². The second-order valence-electron chi connectivity index (χ2n) is 6.22. The van der Waals surface area contributed by atoms with Gasteiger partial charge >= 0.3 is 23.9 Å². The van der Waals surface area contributed by atoms with Crippen LogP contribution in [0.2, 0.25) is 0 Å². The van der Waals surface area contributed by atoms with Gasteiger partial charge in [0.15, 0.2) is 0 Å². The summed E-state index contributed by atoms with van der Waals surface area (Å²) in [6, 6.07) is 3.37. The first kappa shape index (κ1) is 17.6. The molecule has 0 saturated carbocycles. The number of amides is 2. The van der Waals surface area contributed by atoms with E-state index in [1.54, 1.807) is 20.8 Å². The van der Waals surface area contributed by atoms with Crippen molar-refractivity contribution in [1.29, 1.82) is 0 Å². The molecule has 1 aliphatic rings. The summed E-state index contributed by atoms with van der Waals surface area (Å²) in [5.74, 6) is -6.89. The van der Waals surface area contributed by atoms with Gasteiger partial charge in [-0.05, 0) is 39.0 Å². The number of anilines is 2. The van der Waals surface area contributed by atoms with Crippen molar-refractivity contribution in [2.45, 2.75) is 32.3 Å². The Hall–Kier alpha value is -2.71. The van der Waals surface area contributed by atoms with Gasteiger partial charge in [-0.25, -0.2) is 4.79 Å². The van der Waals surface area contributed by atoms with Crippen molar-refractivity contribution in [2.24, 2.45) is 0 Å². The highest BCUT2D eigenvalue weighted by Crippen LogP contribution is 2.45. The lowest BCUT2D eigenvalue weighted by molar-refractivity contribution is -0.144. The van der Waals surface area contributed by atoms with Gasteiger partial charge in [-0.2, -0.15) is 8.78 Å². The molecular weight excluding hydrogens is 326 g/mol. The summed E-state index contributed by atoms with van der Waals surface area (Å²) >= 11 is 0. The van der Waals surface area contributed by atoms with Gasteiger partial charge in [0, 0.05) is 5.69 Å². The van der Waals surface area contributed by atoms with Gasteiger partial charge in [-0.3, -0.25) is 19.8 Å². The number of carboxylic acids is 1. The molecule has 1 aromatic carbocycles. The second kappa shape index (κ2) is 5.73. The van der Waals surface area contributed by atoms with E-state index in [1.807, 2.05) is 0 Å². The van der Waals surface area contributed by atoms with Crippen LogP contribution >= 0.6 is 0 Å². The van der Waals surface area contributed by atoms with Crippen molar-refractivity contribution >= 4 is 29.3 Å². The van der Waals surface area contributed by atoms with E-state index in [-0.39, 0.29) is 11.4 Å². The molecule has 1 aromatic rings. The average molecular weight is 342 g/mol. The number of fused-ring (bicyclic) bond motifs is 1. The third-order valence-electron chi connectivity index (χ3n) is 3.08. The Bertz CT molecular complexity index is 712. The second-order valence-corrected chi connectivity index (χ2v) is 6.22. The highest BCUT2D eigenvalue weighted by Gasteiger charge is 2.53. The van der Waals surface area contributed by atoms with Crippen LogP contribution in [0.5, 0.6) is 0 Å². The molecule has 2 rings (SSSR count). The maximum Gasteiger partial charge on any atom is 0.412 e. The van der Waals surface area contributed by atoms with Crippen LogP contribution in [0, 0.1) is 0 Å². The van der Waals surface area contributed by atoms with Crippen LogP contribution in [0.3, 0.4) is 0 Å². The van der Waals surface area contributed by atoms with E-state index in [1.165, 1.54) is 6.07 Å². The van der Waals surface area contributed by atoms with Crippen molar-refractivity contribution in [3.63, 3.8) is 0 Å². The topological polar surface area (TPSA) is 95.9 Å². The van der Waals surface area contributed by atoms with Crippen molar-refractivity contribution in [1.82, 2.24) is 0 Å². The average Bonchev–Trinajstić information content (AvgIpc) is 2.58. The van der Waals surface area contributed by atoms with Crippen LogP contribution in [0.4, 0.5) is 25.0 Å². The number of rotatable bonds is 3. The predicted octanol–water partition coefficient (Wildman–Crippen LogP) is 2.56. The Morgan fingerprint density at radius 2 is 1.96 bits per heavy atom. The summed E-state index contributed by atoms with van der Waals surface area (Å²) in [4.78, 5) is 34.7. The molecule has 0 radical (unpaired) electrons. The quantitative estimate of drug-likeness (QED) is 0.880. The fourth-order valence-corrected chi connectivity index (χ4v) is 2.21. The lowest BCUT2D eigenvalue weighted by Crippen LogP contribution is -2.37. The first-order chi connectivity index (χ1) is 10.9. The molecule has 2 amide bonds. The van der Waals surface area contributed by atoms with Crippen LogP contribution in [-0.4, -0.2) is 35.2 Å². The first-order valence-electron chi connectivity index (χ1n) is 6.98. The molecule has 7 nitrogen and oxygen atoms in total. The number of benzene rings is 1. The van der Waals surface area contributed by atoms with Crippen LogP contribution in [0.25, 0.3) is 0 Å². The SMILES string of the molecule is CC(C)(C)OC(=O)Nc1ccc2c(c1)C(F)(F)C(=O)N2CC(=O)O. The number of carbonyl (C=O) groups excluding carboxylic acids is 2. The lowest BCUT2D eigenvalue weighted by Gasteiger charge is -2.20. The molecule has 0 bridgehead atoms. The minimum absolute atomic E-state index is 0.00708. The number of carbonyl (C=O) groups is 3. The molecular formula is C15H16F2N2O5. The highest BCUT2D eigenvalue weighted by molar-refractivity contribution is 6.08. The van der Waals surface area contributed by atoms with E-state index in [9.17, 15) is 23.2 Å². The zero-order valence-corrected chi connectivity index (χ0v) is 13.2. The number of carboxylic acid groups (broad SMARTS) is 1. The number of aliphatic carboxylic acids is 1. The van der Waals surface area contributed by atoms with Crippen molar-refractivity contribution in [3.8, 4) is 0 Å². The Labute approximate surface area is 136 Å². The minimum atomic E-state index is -3.86. The molecule has 0 saturated heterocycles. The monoisotopic (exact) mass is 342 g/mol. The summed E-state index contributed by atoms with van der Waals surface area (Å²) in [6.07, 6.45) is -0.836. The zero-order valence-electron chi connectivity index (χ0n) is 13.2. The number of alkyl halides is 2. The normalized spacial score (nSPS) is 15.9. The van der Waals surface area contributed by atoms with Gasteiger partial charge in [0.25, 0.3) is 0 Å². The Morgan fingerprint density at radius 1 is 1.33 bits per heavy atom. The standard InChI is InChI=1S/C15H16F2N2O5/c1-14(2,3)24-13(23)18-8-4-5-10-9(6-8)15(16,17)12(22)19(10)7-11(20)21/h4-6H,7H2,1-3H3,(H,18,23)(H,20,21). The van der Waals surface area contributed by atoms with E-state index < -0.39 is 41.6 Å². The summed E-state index contributed by atoms with van der Waals surface area (Å²) in [5, 5.41) is 11.1. The molecule has 24 heavy (non-hydrogen) atoms. The molecule has 0 spiro atoms. The predicted molar refractivity (Wildman–Crippen MR) is 80.2 cm³/mol. The molecule has 130 valence electrons. The Kier molecular flexibility index (Phi) is 4.21. The van der Waals surface area contributed by atoms with Gasteiger partial charge in [0.2, 0.25) is 0 Å². The van der Waals surface area contributed by atoms with Crippen LogP contribution in [-0.2, 0) is 20.2 Å². The van der Waals surface area contributed by atoms with Gasteiger partial charge < -0.3 is 9.84 Å². The van der Waals surface area contributed by atoms with Crippen LogP contribution < -0.4 is 10.2 Å². The lowest BCUT2D eigenvalue weighted by atomic mass is 10.1. The smallest absolute Gasteiger partial charge is 0.412 e. The molecule has 1 aliphatic heterocycles. The van der Waals surface area contributed by atoms with Crippen LogP contribution in [0.1, 0.15) is 26.3 Å². The number of halogens is 2. The third kappa shape index (κ3) is 3.44. The number of nitrogens with zero attached hydrogens (tertiary/aromatic N) is 1. The minimum Gasteiger partial charge on any atom is -0.480 e. The maximum atomic E-state index is 14.1. The number of nitrogens with one attached hydrogen (secondary N) is 1. The summed E-state index contributed by atoms with van der Waals surface area (Å²) in [5.41, 5.74) is -1.63. The number of hydrogen-bond donors (Lipinski definition) is 2. The molecule has 1 heterocycles. The van der Waals surface area contributed by atoms with Crippen LogP contribution in [0.15, 0.2) is 18.2 Å². The number of hydrogen-bond acceptors (Lipinski definition) is 4. The van der Waals surface area contributed by atoms with Crippen molar-refractivity contribution < 1.29 is 33.0 Å². The van der Waals surface area contributed by atoms with E-state index in [4.69, 9.17) is 9.84 Å². The molecule has 2 N–H and O–H groups in total. The molecule has 0 aliphatic carbocycles. The highest BCUT2D eigenvalue weighted by atomic mass is 19.3. The molecule has 0 fully saturated rings. The summed E-state index contributed by atoms with van der Waals surface area (Å²) < 4.78 is 33.2. The van der Waals surface area contributed by atoms with Gasteiger partial charge in [-0.15, -0.1) is 0 Å². The summed E-state index contributed by atoms with van der Waals surface area (Å²) in [7, 11) is 0. The largest absolute Gasteiger partial charge is 0.480 e. The fraction of sp³-hybridized carbons (Fsp3) is 0.400. The van der Waals surface area contributed by atoms with Gasteiger partial charge in [-0.1, -0.05) is 0 Å². The van der Waals surface area contributed by atoms with Gasteiger partial charge in [0.1, 0.15) is 12.1 Å². The molecule has 0 atom stereocenters. The Morgan fingerprint density at radius 3 is 2.50 bits per heavy atom. The van der Waals surface area contributed by atoms with E-state index in [0.29, 0.717) is 4.90 Å². The molecule has 0 unspecified atom stereocenters.